The van der Waals surface area contributed by atoms with Gasteiger partial charge in [0.15, 0.2) is 11.3 Å². The predicted molar refractivity (Wildman–Crippen MR) is 151 cm³/mol. The van der Waals surface area contributed by atoms with E-state index in [4.69, 9.17) is 18.6 Å². The van der Waals surface area contributed by atoms with Gasteiger partial charge >= 0.3 is 0 Å². The molecule has 2 aromatic carbocycles. The van der Waals surface area contributed by atoms with Crippen LogP contribution in [-0.4, -0.2) is 69.7 Å². The van der Waals surface area contributed by atoms with E-state index in [0.717, 1.165) is 68.4 Å². The van der Waals surface area contributed by atoms with Gasteiger partial charge in [-0.25, -0.2) is 0 Å². The van der Waals surface area contributed by atoms with Crippen LogP contribution in [0.15, 0.2) is 67.5 Å². The number of hydrogen-bond donors (Lipinski definition) is 0. The highest BCUT2D eigenvalue weighted by atomic mass is 32.2. The lowest BCUT2D eigenvalue weighted by molar-refractivity contribution is 0.0888. The van der Waals surface area contributed by atoms with Crippen molar-refractivity contribution in [3.05, 3.63) is 69.9 Å². The summed E-state index contributed by atoms with van der Waals surface area (Å²) in [5, 5.41) is 0. The number of likely N-dealkylation sites (tertiary alicyclic amines) is 1. The summed E-state index contributed by atoms with van der Waals surface area (Å²) < 4.78 is 23.7. The molecule has 3 saturated heterocycles. The highest BCUT2D eigenvalue weighted by molar-refractivity contribution is 7.99. The number of benzene rings is 2. The summed E-state index contributed by atoms with van der Waals surface area (Å²) in [5.74, 6) is 2.15. The molecular formula is C31H34N2O5S. The molecule has 3 aromatic rings. The zero-order valence-electron chi connectivity index (χ0n) is 22.2. The summed E-state index contributed by atoms with van der Waals surface area (Å²) in [6.45, 7) is 7.24. The Hall–Kier alpha value is -2.78. The topological polar surface area (TPSA) is 64.4 Å². The Bertz CT molecular complexity index is 1400. The molecule has 0 radical (unpaired) electrons. The average Bonchev–Trinajstić information content (AvgIpc) is 3.61. The molecule has 5 heterocycles. The first-order chi connectivity index (χ1) is 19.2. The van der Waals surface area contributed by atoms with Crippen LogP contribution in [0.1, 0.15) is 30.4 Å². The molecule has 7 rings (SSSR count). The smallest absolute Gasteiger partial charge is 0.200 e. The lowest BCUT2D eigenvalue weighted by Crippen LogP contribution is -2.46. The van der Waals surface area contributed by atoms with Gasteiger partial charge in [0, 0.05) is 59.3 Å². The summed E-state index contributed by atoms with van der Waals surface area (Å²) in [6, 6.07) is 15.9. The normalized spacial score (nSPS) is 22.7. The number of fused-ring (bicyclic) bond motifs is 2. The van der Waals surface area contributed by atoms with Crippen molar-refractivity contribution in [2.75, 3.05) is 64.1 Å². The van der Waals surface area contributed by atoms with Crippen molar-refractivity contribution in [2.45, 2.75) is 41.0 Å². The summed E-state index contributed by atoms with van der Waals surface area (Å²) in [7, 11) is 0. The van der Waals surface area contributed by atoms with E-state index in [2.05, 4.69) is 46.2 Å². The Labute approximate surface area is 233 Å². The first-order valence-corrected chi connectivity index (χ1v) is 14.9. The minimum atomic E-state index is -0.0429. The van der Waals surface area contributed by atoms with Crippen molar-refractivity contribution in [1.29, 1.82) is 0 Å². The third-order valence-electron chi connectivity index (χ3n) is 8.52. The van der Waals surface area contributed by atoms with E-state index in [1.165, 1.54) is 28.9 Å². The number of rotatable bonds is 6. The molecule has 4 aliphatic heterocycles. The highest BCUT2D eigenvalue weighted by Gasteiger charge is 2.43. The fraction of sp³-hybridized carbons (Fsp3) is 0.452. The van der Waals surface area contributed by atoms with Gasteiger partial charge in [0.2, 0.25) is 0 Å². The van der Waals surface area contributed by atoms with Gasteiger partial charge in [0.1, 0.15) is 18.1 Å². The van der Waals surface area contributed by atoms with Crippen molar-refractivity contribution in [3.63, 3.8) is 0 Å². The Kier molecular flexibility index (Phi) is 6.89. The standard InChI is InChI=1S/C31H34N2O5S/c34-24-19-27(38-29(20-24)32-10-14-35-15-11-32)26-4-1-3-22-17-23-18-25(5-6-28(23)39-30(22)26)37-16-12-33-9-2-7-31(33)8-13-36-21-31/h1,3-6,18-20H,2,7-17,21H2. The maximum absolute atomic E-state index is 12.6. The molecule has 1 aromatic heterocycles. The quantitative estimate of drug-likeness (QED) is 0.341. The second-order valence-electron chi connectivity index (χ2n) is 10.9. The van der Waals surface area contributed by atoms with E-state index < -0.39 is 0 Å². The number of nitrogens with zero attached hydrogens (tertiary/aromatic N) is 2. The number of ether oxygens (including phenoxy) is 3. The van der Waals surface area contributed by atoms with Gasteiger partial charge in [-0.2, -0.15) is 0 Å². The summed E-state index contributed by atoms with van der Waals surface area (Å²) in [4.78, 5) is 19.7. The molecule has 1 unspecified atom stereocenters. The van der Waals surface area contributed by atoms with Crippen molar-refractivity contribution >= 4 is 17.6 Å². The maximum Gasteiger partial charge on any atom is 0.200 e. The third-order valence-corrected chi connectivity index (χ3v) is 9.82. The van der Waals surface area contributed by atoms with Gasteiger partial charge < -0.3 is 23.5 Å². The van der Waals surface area contributed by atoms with E-state index in [1.54, 1.807) is 23.9 Å². The first-order valence-electron chi connectivity index (χ1n) is 14.0. The summed E-state index contributed by atoms with van der Waals surface area (Å²) in [5.41, 5.74) is 3.68. The van der Waals surface area contributed by atoms with Gasteiger partial charge in [-0.1, -0.05) is 30.0 Å². The highest BCUT2D eigenvalue weighted by Crippen LogP contribution is 2.45. The van der Waals surface area contributed by atoms with Crippen LogP contribution in [0.3, 0.4) is 0 Å². The van der Waals surface area contributed by atoms with Crippen molar-refractivity contribution in [1.82, 2.24) is 4.90 Å². The second kappa shape index (κ2) is 10.7. The molecule has 1 spiro atoms. The van der Waals surface area contributed by atoms with E-state index in [0.29, 0.717) is 31.5 Å². The van der Waals surface area contributed by atoms with Crippen LogP contribution in [0.5, 0.6) is 5.75 Å². The third kappa shape index (κ3) is 4.99. The van der Waals surface area contributed by atoms with Crippen molar-refractivity contribution in [3.8, 4) is 17.1 Å². The van der Waals surface area contributed by atoms with Crippen LogP contribution < -0.4 is 15.1 Å². The molecule has 4 aliphatic rings. The molecule has 1 atom stereocenters. The molecule has 0 saturated carbocycles. The number of anilines is 1. The van der Waals surface area contributed by atoms with E-state index in [9.17, 15) is 4.79 Å². The lowest BCUT2D eigenvalue weighted by Gasteiger charge is -2.33. The lowest BCUT2D eigenvalue weighted by atomic mass is 9.95. The molecule has 3 fully saturated rings. The molecule has 8 heteroatoms. The molecule has 0 bridgehead atoms. The Morgan fingerprint density at radius 1 is 0.949 bits per heavy atom. The number of hydrogen-bond acceptors (Lipinski definition) is 8. The average molecular weight is 547 g/mol. The fourth-order valence-corrected chi connectivity index (χ4v) is 7.60. The van der Waals surface area contributed by atoms with Crippen LogP contribution in [0, 0.1) is 0 Å². The van der Waals surface area contributed by atoms with Gasteiger partial charge in [-0.15, -0.1) is 0 Å². The largest absolute Gasteiger partial charge is 0.492 e. The molecule has 204 valence electrons. The maximum atomic E-state index is 12.6. The second-order valence-corrected chi connectivity index (χ2v) is 12.0. The molecular weight excluding hydrogens is 512 g/mol. The van der Waals surface area contributed by atoms with Crippen LogP contribution in [0.2, 0.25) is 0 Å². The van der Waals surface area contributed by atoms with Crippen molar-refractivity contribution in [2.24, 2.45) is 0 Å². The van der Waals surface area contributed by atoms with Crippen LogP contribution in [-0.2, 0) is 15.9 Å². The minimum Gasteiger partial charge on any atom is -0.492 e. The molecule has 7 nitrogen and oxygen atoms in total. The molecule has 0 amide bonds. The van der Waals surface area contributed by atoms with Crippen LogP contribution >= 0.6 is 11.8 Å². The summed E-state index contributed by atoms with van der Waals surface area (Å²) in [6.07, 6.45) is 4.46. The molecule has 0 N–H and O–H groups in total. The van der Waals surface area contributed by atoms with Gasteiger partial charge in [-0.05, 0) is 61.6 Å². The fourth-order valence-electron chi connectivity index (χ4n) is 6.43. The SMILES string of the molecule is O=c1cc(-c2cccc3c2Sc2ccc(OCCN4CCCC45CCOC5)cc2C3)oc(N2CCOCC2)c1. The van der Waals surface area contributed by atoms with Crippen molar-refractivity contribution < 1.29 is 18.6 Å². The van der Waals surface area contributed by atoms with E-state index >= 15 is 0 Å². The zero-order chi connectivity index (χ0) is 26.2. The molecule has 0 aliphatic carbocycles. The Morgan fingerprint density at radius 2 is 1.87 bits per heavy atom. The van der Waals surface area contributed by atoms with Crippen LogP contribution in [0.4, 0.5) is 5.88 Å². The van der Waals surface area contributed by atoms with E-state index in [1.807, 2.05) is 0 Å². The van der Waals surface area contributed by atoms with Crippen LogP contribution in [0.25, 0.3) is 11.3 Å². The predicted octanol–water partition coefficient (Wildman–Crippen LogP) is 4.83. The summed E-state index contributed by atoms with van der Waals surface area (Å²) >= 11 is 1.74. The number of morpholine rings is 1. The minimum absolute atomic E-state index is 0.0429. The van der Waals surface area contributed by atoms with E-state index in [-0.39, 0.29) is 11.0 Å². The zero-order valence-corrected chi connectivity index (χ0v) is 23.0. The first kappa shape index (κ1) is 25.2. The molecule has 39 heavy (non-hydrogen) atoms. The Balaban J connectivity index is 1.07. The van der Waals surface area contributed by atoms with Gasteiger partial charge in [0.25, 0.3) is 0 Å². The van der Waals surface area contributed by atoms with Gasteiger partial charge in [0.05, 0.1) is 19.8 Å². The van der Waals surface area contributed by atoms with Gasteiger partial charge in [-0.3, -0.25) is 9.69 Å². The Morgan fingerprint density at radius 3 is 2.74 bits per heavy atom. The monoisotopic (exact) mass is 546 g/mol.